The van der Waals surface area contributed by atoms with Crippen LogP contribution in [0.5, 0.6) is 5.75 Å². The molecular weight excluding hydrogens is 697 g/mol. The number of ether oxygens (including phenoxy) is 2. The van der Waals surface area contributed by atoms with E-state index >= 15 is 0 Å². The highest BCUT2D eigenvalue weighted by Crippen LogP contribution is 2.60. The molecule has 5 atom stereocenters. The Balaban J connectivity index is 1.26. The number of methoxy groups -OCH3 is 1. The number of aliphatic hydroxyl groups is 1. The number of fused-ring (bicyclic) bond motifs is 3. The number of nitrogens with zero attached hydrogens (tertiary/aromatic N) is 4. The van der Waals surface area contributed by atoms with Gasteiger partial charge in [-0.3, -0.25) is 29.1 Å². The van der Waals surface area contributed by atoms with Crippen LogP contribution in [0.2, 0.25) is 18.6 Å². The minimum Gasteiger partial charge on any atom is -0.491 e. The minimum absolute atomic E-state index is 0.0492. The Morgan fingerprint density at radius 1 is 1.06 bits per heavy atom. The van der Waals surface area contributed by atoms with Crippen LogP contribution < -0.4 is 15.2 Å². The number of hydrogen-bond acceptors (Lipinski definition) is 9. The van der Waals surface area contributed by atoms with Crippen molar-refractivity contribution in [1.29, 1.82) is 0 Å². The number of amides is 2. The Morgan fingerprint density at radius 2 is 1.81 bits per heavy atom. The van der Waals surface area contributed by atoms with E-state index in [1.54, 1.807) is 60.6 Å². The molecule has 0 unspecified atom stereocenters. The van der Waals surface area contributed by atoms with E-state index in [4.69, 9.17) is 9.47 Å². The molecule has 2 N–H and O–H groups in total. The molecule has 3 aliphatic heterocycles. The standard InChI is InChI=1S/C39H42N4O9Si/c1-24-36(53(3,4)50)34(20-35(45)41-22-27-11-6-5-10-26(27)18-30(41)23-44)52-39(24)31-19-29(43(48)49)14-15-32(31)42(38(39)47)21-25-9-7-12-28(17-25)40-16-8-13-33(51-2)37(40)46/h5-17,19,24,30,34,36,44,50H,18,20-23H2,1-4H3/t24-,30-,34+,36-,39+/m0/s1. The molecule has 0 aliphatic carbocycles. The molecule has 276 valence electrons. The SMILES string of the molecule is COc1cccn(-c2cccc(CN3C(=O)[C@]4(O[C@H](CC(=O)N5Cc6ccccc6C[C@H]5CO)[C@@H]([Si](C)(C)O)[C@@H]4C)c4cc([N+](=O)[O-])ccc43)c2)c1=O. The van der Waals surface area contributed by atoms with E-state index in [0.717, 1.165) is 11.1 Å². The van der Waals surface area contributed by atoms with Crippen LogP contribution in [0.15, 0.2) is 89.9 Å². The van der Waals surface area contributed by atoms with Gasteiger partial charge in [-0.1, -0.05) is 43.3 Å². The third kappa shape index (κ3) is 6.14. The molecule has 3 aliphatic rings. The number of carbonyl (C=O) groups excluding carboxylic acids is 2. The lowest BCUT2D eigenvalue weighted by Crippen LogP contribution is -2.48. The molecule has 53 heavy (non-hydrogen) atoms. The van der Waals surface area contributed by atoms with E-state index in [1.165, 1.54) is 28.7 Å². The topological polar surface area (TPSA) is 165 Å². The summed E-state index contributed by atoms with van der Waals surface area (Å²) >= 11 is 0. The van der Waals surface area contributed by atoms with Gasteiger partial charge in [0.2, 0.25) is 5.91 Å². The summed E-state index contributed by atoms with van der Waals surface area (Å²) in [5, 5.41) is 22.4. The average Bonchev–Trinajstić information content (AvgIpc) is 3.56. The van der Waals surface area contributed by atoms with E-state index in [9.17, 15) is 34.4 Å². The first-order valence-corrected chi connectivity index (χ1v) is 20.6. The number of aliphatic hydroxyl groups excluding tert-OH is 1. The first-order chi connectivity index (χ1) is 25.3. The molecule has 2 amide bonds. The molecule has 3 aromatic carbocycles. The van der Waals surface area contributed by atoms with Crippen molar-refractivity contribution in [2.24, 2.45) is 5.92 Å². The Labute approximate surface area is 307 Å². The smallest absolute Gasteiger partial charge is 0.297 e. The number of aromatic nitrogens is 1. The normalized spacial score (nSPS) is 23.6. The maximum Gasteiger partial charge on any atom is 0.297 e. The number of non-ortho nitro benzene ring substituents is 1. The Kier molecular flexibility index (Phi) is 9.35. The predicted molar refractivity (Wildman–Crippen MR) is 198 cm³/mol. The van der Waals surface area contributed by atoms with Crippen LogP contribution in [-0.2, 0) is 39.4 Å². The van der Waals surface area contributed by atoms with Crippen molar-refractivity contribution in [1.82, 2.24) is 9.47 Å². The predicted octanol–water partition coefficient (Wildman–Crippen LogP) is 4.43. The molecular formula is C39H42N4O9Si. The number of carbonyl (C=O) groups is 2. The van der Waals surface area contributed by atoms with Crippen LogP contribution in [0.1, 0.15) is 35.6 Å². The van der Waals surface area contributed by atoms with Gasteiger partial charge in [0, 0.05) is 47.6 Å². The van der Waals surface area contributed by atoms with Gasteiger partial charge in [0.1, 0.15) is 0 Å². The van der Waals surface area contributed by atoms with Gasteiger partial charge in [-0.15, -0.1) is 0 Å². The molecule has 1 fully saturated rings. The van der Waals surface area contributed by atoms with Gasteiger partial charge >= 0.3 is 0 Å². The second-order valence-corrected chi connectivity index (χ2v) is 18.6. The van der Waals surface area contributed by atoms with Gasteiger partial charge in [0.15, 0.2) is 19.7 Å². The van der Waals surface area contributed by atoms with Crippen molar-refractivity contribution in [2.45, 2.75) is 69.2 Å². The number of benzene rings is 3. The number of pyridine rings is 1. The van der Waals surface area contributed by atoms with Crippen LogP contribution in [0.25, 0.3) is 5.69 Å². The zero-order valence-electron chi connectivity index (χ0n) is 30.0. The summed E-state index contributed by atoms with van der Waals surface area (Å²) in [5.41, 5.74) is 1.12. The highest BCUT2D eigenvalue weighted by Gasteiger charge is 2.66. The molecule has 0 saturated carbocycles. The fourth-order valence-electron chi connectivity index (χ4n) is 8.69. The zero-order valence-corrected chi connectivity index (χ0v) is 31.0. The van der Waals surface area contributed by atoms with Crippen molar-refractivity contribution in [3.8, 4) is 11.4 Å². The van der Waals surface area contributed by atoms with Crippen LogP contribution in [0.4, 0.5) is 11.4 Å². The third-order valence-corrected chi connectivity index (χ3v) is 13.6. The molecule has 1 spiro atoms. The van der Waals surface area contributed by atoms with Crippen molar-refractivity contribution in [3.63, 3.8) is 0 Å². The molecule has 4 aromatic rings. The summed E-state index contributed by atoms with van der Waals surface area (Å²) in [7, 11) is -1.76. The third-order valence-electron chi connectivity index (χ3n) is 11.1. The van der Waals surface area contributed by atoms with Crippen molar-refractivity contribution in [2.75, 3.05) is 18.6 Å². The number of rotatable bonds is 9. The lowest BCUT2D eigenvalue weighted by molar-refractivity contribution is -0.385. The summed E-state index contributed by atoms with van der Waals surface area (Å²) in [4.78, 5) is 68.6. The van der Waals surface area contributed by atoms with Gasteiger partial charge in [-0.2, -0.15) is 0 Å². The Hall–Kier alpha value is -5.15. The molecule has 4 heterocycles. The lowest BCUT2D eigenvalue weighted by Gasteiger charge is -2.37. The van der Waals surface area contributed by atoms with E-state index in [1.807, 2.05) is 37.3 Å². The van der Waals surface area contributed by atoms with E-state index < -0.39 is 48.4 Å². The van der Waals surface area contributed by atoms with Gasteiger partial charge in [-0.05, 0) is 66.5 Å². The lowest BCUT2D eigenvalue weighted by atomic mass is 9.82. The summed E-state index contributed by atoms with van der Waals surface area (Å²) in [6, 6.07) is 22.0. The molecule has 0 radical (unpaired) electrons. The van der Waals surface area contributed by atoms with E-state index in [0.29, 0.717) is 35.5 Å². The first-order valence-electron chi connectivity index (χ1n) is 17.6. The van der Waals surface area contributed by atoms with Gasteiger partial charge < -0.3 is 29.2 Å². The fourth-order valence-corrected chi connectivity index (χ4v) is 11.2. The van der Waals surface area contributed by atoms with Crippen LogP contribution in [0.3, 0.4) is 0 Å². The molecule has 14 heteroatoms. The van der Waals surface area contributed by atoms with E-state index in [2.05, 4.69) is 0 Å². The number of nitro groups is 1. The Morgan fingerprint density at radius 3 is 2.51 bits per heavy atom. The second-order valence-electron chi connectivity index (χ2n) is 14.7. The van der Waals surface area contributed by atoms with Gasteiger partial charge in [0.25, 0.3) is 17.2 Å². The summed E-state index contributed by atoms with van der Waals surface area (Å²) < 4.78 is 13.5. The van der Waals surface area contributed by atoms with Crippen LogP contribution in [0, 0.1) is 16.0 Å². The number of nitro benzene ring substituents is 1. The van der Waals surface area contributed by atoms with Crippen LogP contribution in [-0.4, -0.2) is 70.3 Å². The van der Waals surface area contributed by atoms with E-state index in [-0.39, 0.29) is 42.5 Å². The minimum atomic E-state index is -3.18. The van der Waals surface area contributed by atoms with Gasteiger partial charge in [0.05, 0.1) is 49.4 Å². The highest BCUT2D eigenvalue weighted by molar-refractivity contribution is 6.71. The van der Waals surface area contributed by atoms with Crippen molar-refractivity contribution < 1.29 is 33.9 Å². The second kappa shape index (κ2) is 13.7. The average molecular weight is 739 g/mol. The summed E-state index contributed by atoms with van der Waals surface area (Å²) in [6.07, 6.45) is 1.07. The van der Waals surface area contributed by atoms with Crippen molar-refractivity contribution >= 4 is 31.5 Å². The summed E-state index contributed by atoms with van der Waals surface area (Å²) in [6.45, 7) is 5.44. The monoisotopic (exact) mass is 738 g/mol. The molecule has 0 bridgehead atoms. The maximum absolute atomic E-state index is 15.0. The Bertz CT molecular complexity index is 2170. The highest BCUT2D eigenvalue weighted by atomic mass is 28.4. The number of hydrogen-bond donors (Lipinski definition) is 2. The quantitative estimate of drug-likeness (QED) is 0.144. The van der Waals surface area contributed by atoms with Crippen molar-refractivity contribution in [3.05, 3.63) is 128 Å². The fraction of sp³-hybridized carbons (Fsp3) is 0.359. The first kappa shape index (κ1) is 36.2. The largest absolute Gasteiger partial charge is 0.491 e. The molecule has 1 aromatic heterocycles. The maximum atomic E-state index is 15.0. The zero-order chi connectivity index (χ0) is 37.8. The summed E-state index contributed by atoms with van der Waals surface area (Å²) in [5.74, 6) is -1.22. The molecule has 7 rings (SSSR count). The van der Waals surface area contributed by atoms with Crippen LogP contribution >= 0.6 is 0 Å². The van der Waals surface area contributed by atoms with Gasteiger partial charge in [-0.25, -0.2) is 0 Å². The molecule has 1 saturated heterocycles. The number of anilines is 1. The molecule has 13 nitrogen and oxygen atoms in total.